The van der Waals surface area contributed by atoms with Crippen LogP contribution in [0.15, 0.2) is 0 Å². The van der Waals surface area contributed by atoms with Crippen molar-refractivity contribution in [3.05, 3.63) is 0 Å². The van der Waals surface area contributed by atoms with Crippen molar-refractivity contribution in [2.75, 3.05) is 19.8 Å². The van der Waals surface area contributed by atoms with Gasteiger partial charge in [-0.2, -0.15) is 17.8 Å². The summed E-state index contributed by atoms with van der Waals surface area (Å²) in [6, 6.07) is 0. The molecule has 0 bridgehead atoms. The standard InChI is InChI=1S/C17H37NO3S/c1-4-5-6-7-8-9-10-11-12-13-14-15-16-17-22(19,20)21-18(2)3/h4-17H2,1-3H3. The Labute approximate surface area is 138 Å². The van der Waals surface area contributed by atoms with Crippen molar-refractivity contribution in [3.8, 4) is 0 Å². The fourth-order valence-corrected chi connectivity index (χ4v) is 3.65. The van der Waals surface area contributed by atoms with Crippen LogP contribution in [0.3, 0.4) is 0 Å². The molecule has 0 radical (unpaired) electrons. The molecule has 134 valence electrons. The van der Waals surface area contributed by atoms with E-state index in [4.69, 9.17) is 4.28 Å². The van der Waals surface area contributed by atoms with E-state index in [1.807, 2.05) is 0 Å². The van der Waals surface area contributed by atoms with E-state index in [9.17, 15) is 8.42 Å². The van der Waals surface area contributed by atoms with Gasteiger partial charge in [0.2, 0.25) is 0 Å². The molecule has 0 fully saturated rings. The second kappa shape index (κ2) is 14.5. The summed E-state index contributed by atoms with van der Waals surface area (Å²) in [6.07, 6.45) is 16.3. The second-order valence-corrected chi connectivity index (χ2v) is 8.06. The van der Waals surface area contributed by atoms with E-state index in [-0.39, 0.29) is 5.75 Å². The highest BCUT2D eigenvalue weighted by molar-refractivity contribution is 7.86. The van der Waals surface area contributed by atoms with Crippen molar-refractivity contribution in [2.45, 2.75) is 90.4 Å². The number of hydrogen-bond acceptors (Lipinski definition) is 4. The predicted octanol–water partition coefficient (Wildman–Crippen LogP) is 4.90. The highest BCUT2D eigenvalue weighted by atomic mass is 32.2. The van der Waals surface area contributed by atoms with Crippen molar-refractivity contribution in [3.63, 3.8) is 0 Å². The molecule has 0 aromatic carbocycles. The maximum atomic E-state index is 11.5. The van der Waals surface area contributed by atoms with Gasteiger partial charge in [-0.1, -0.05) is 84.0 Å². The summed E-state index contributed by atoms with van der Waals surface area (Å²) in [5.74, 6) is 0.128. The lowest BCUT2D eigenvalue weighted by Gasteiger charge is -2.10. The first kappa shape index (κ1) is 21.9. The summed E-state index contributed by atoms with van der Waals surface area (Å²) >= 11 is 0. The Kier molecular flexibility index (Phi) is 14.4. The molecule has 0 aliphatic carbocycles. The minimum absolute atomic E-state index is 0.128. The van der Waals surface area contributed by atoms with Crippen molar-refractivity contribution in [2.24, 2.45) is 0 Å². The third-order valence-electron chi connectivity index (χ3n) is 3.76. The molecule has 0 aromatic heterocycles. The van der Waals surface area contributed by atoms with Crippen LogP contribution < -0.4 is 0 Å². The summed E-state index contributed by atoms with van der Waals surface area (Å²) in [4.78, 5) is 0. The maximum absolute atomic E-state index is 11.5. The fraction of sp³-hybridized carbons (Fsp3) is 1.00. The smallest absolute Gasteiger partial charge is 0.198 e. The maximum Gasteiger partial charge on any atom is 0.283 e. The Morgan fingerprint density at radius 1 is 0.682 bits per heavy atom. The van der Waals surface area contributed by atoms with Crippen LogP contribution in [0.25, 0.3) is 0 Å². The van der Waals surface area contributed by atoms with Gasteiger partial charge in [0.15, 0.2) is 0 Å². The first-order chi connectivity index (χ1) is 10.5. The van der Waals surface area contributed by atoms with E-state index in [1.165, 1.54) is 69.3 Å². The lowest BCUT2D eigenvalue weighted by molar-refractivity contribution is 0.00517. The minimum atomic E-state index is -3.37. The zero-order chi connectivity index (χ0) is 16.7. The van der Waals surface area contributed by atoms with Crippen LogP contribution in [-0.2, 0) is 14.4 Å². The van der Waals surface area contributed by atoms with Gasteiger partial charge in [-0.15, -0.1) is 0 Å². The second-order valence-electron chi connectivity index (χ2n) is 6.39. The lowest BCUT2D eigenvalue weighted by Crippen LogP contribution is -2.21. The van der Waals surface area contributed by atoms with Gasteiger partial charge in [-0.25, -0.2) is 0 Å². The summed E-state index contributed by atoms with van der Waals surface area (Å²) in [5, 5.41) is 1.23. The number of rotatable bonds is 16. The normalized spacial score (nSPS) is 12.2. The summed E-state index contributed by atoms with van der Waals surface area (Å²) < 4.78 is 27.7. The number of hydrogen-bond donors (Lipinski definition) is 0. The molecule has 0 saturated carbocycles. The Balaban J connectivity index is 3.24. The van der Waals surface area contributed by atoms with Crippen molar-refractivity contribution in [1.29, 1.82) is 0 Å². The van der Waals surface area contributed by atoms with Crippen LogP contribution in [0.1, 0.15) is 90.4 Å². The van der Waals surface area contributed by atoms with Crippen LogP contribution in [-0.4, -0.2) is 33.3 Å². The molecule has 22 heavy (non-hydrogen) atoms. The predicted molar refractivity (Wildman–Crippen MR) is 94.3 cm³/mol. The van der Waals surface area contributed by atoms with Gasteiger partial charge < -0.3 is 0 Å². The van der Waals surface area contributed by atoms with Crippen LogP contribution in [0.4, 0.5) is 0 Å². The van der Waals surface area contributed by atoms with Crippen molar-refractivity contribution < 1.29 is 12.7 Å². The number of hydroxylamine groups is 2. The highest BCUT2D eigenvalue weighted by Crippen LogP contribution is 2.13. The van der Waals surface area contributed by atoms with Gasteiger partial charge in [0.05, 0.1) is 5.75 Å². The zero-order valence-corrected chi connectivity index (χ0v) is 15.8. The van der Waals surface area contributed by atoms with Gasteiger partial charge >= 0.3 is 0 Å². The third-order valence-corrected chi connectivity index (χ3v) is 5.07. The quantitative estimate of drug-likeness (QED) is 0.297. The van der Waals surface area contributed by atoms with E-state index in [1.54, 1.807) is 14.1 Å². The van der Waals surface area contributed by atoms with Gasteiger partial charge in [-0.05, 0) is 6.42 Å². The molecule has 0 rings (SSSR count). The molecule has 5 heteroatoms. The third kappa shape index (κ3) is 16.2. The largest absolute Gasteiger partial charge is 0.283 e. The number of unbranched alkanes of at least 4 members (excludes halogenated alkanes) is 12. The van der Waals surface area contributed by atoms with Crippen LogP contribution >= 0.6 is 0 Å². The summed E-state index contributed by atoms with van der Waals surface area (Å²) in [5.41, 5.74) is 0. The van der Waals surface area contributed by atoms with Crippen LogP contribution in [0.5, 0.6) is 0 Å². The molecule has 0 aliphatic heterocycles. The summed E-state index contributed by atoms with van der Waals surface area (Å²) in [6.45, 7) is 2.25. The van der Waals surface area contributed by atoms with Crippen molar-refractivity contribution >= 4 is 10.1 Å². The Morgan fingerprint density at radius 2 is 1.05 bits per heavy atom. The van der Waals surface area contributed by atoms with E-state index in [0.717, 1.165) is 12.8 Å². The van der Waals surface area contributed by atoms with Gasteiger partial charge in [-0.3, -0.25) is 0 Å². The Hall–Kier alpha value is -0.130. The highest BCUT2D eigenvalue weighted by Gasteiger charge is 2.12. The molecule has 0 atom stereocenters. The zero-order valence-electron chi connectivity index (χ0n) is 15.0. The molecule has 0 spiro atoms. The molecule has 0 aliphatic rings. The van der Waals surface area contributed by atoms with Crippen molar-refractivity contribution in [1.82, 2.24) is 5.06 Å². The fourth-order valence-electron chi connectivity index (χ4n) is 2.56. The topological polar surface area (TPSA) is 46.6 Å². The Bertz CT molecular complexity index is 329. The molecular formula is C17H37NO3S. The molecule has 0 unspecified atom stereocenters. The minimum Gasteiger partial charge on any atom is -0.198 e. The average molecular weight is 336 g/mol. The molecule has 4 nitrogen and oxygen atoms in total. The molecule has 0 amide bonds. The first-order valence-electron chi connectivity index (χ1n) is 9.07. The monoisotopic (exact) mass is 335 g/mol. The van der Waals surface area contributed by atoms with E-state index in [0.29, 0.717) is 6.42 Å². The van der Waals surface area contributed by atoms with E-state index in [2.05, 4.69) is 6.92 Å². The van der Waals surface area contributed by atoms with E-state index >= 15 is 0 Å². The Morgan fingerprint density at radius 3 is 1.41 bits per heavy atom. The van der Waals surface area contributed by atoms with Gasteiger partial charge in [0, 0.05) is 14.1 Å². The lowest BCUT2D eigenvalue weighted by atomic mass is 10.1. The molecule has 0 aromatic rings. The van der Waals surface area contributed by atoms with Crippen LogP contribution in [0.2, 0.25) is 0 Å². The molecule has 0 heterocycles. The number of nitrogens with zero attached hydrogens (tertiary/aromatic N) is 1. The molecular weight excluding hydrogens is 298 g/mol. The van der Waals surface area contributed by atoms with Crippen LogP contribution in [0, 0.1) is 0 Å². The average Bonchev–Trinajstić information content (AvgIpc) is 2.42. The van der Waals surface area contributed by atoms with Gasteiger partial charge in [0.1, 0.15) is 0 Å². The van der Waals surface area contributed by atoms with E-state index < -0.39 is 10.1 Å². The molecule has 0 N–H and O–H groups in total. The van der Waals surface area contributed by atoms with Gasteiger partial charge in [0.25, 0.3) is 10.1 Å². The SMILES string of the molecule is CCCCCCCCCCCCCCCS(=O)(=O)ON(C)C. The first-order valence-corrected chi connectivity index (χ1v) is 10.7. The molecule has 0 saturated heterocycles. The summed E-state index contributed by atoms with van der Waals surface area (Å²) in [7, 11) is -0.200.